The predicted octanol–water partition coefficient (Wildman–Crippen LogP) is 8.89. The Bertz CT molecular complexity index is 1810. The van der Waals surface area contributed by atoms with Crippen molar-refractivity contribution in [2.75, 3.05) is 0 Å². The Hall–Kier alpha value is -4.37. The first-order chi connectivity index (χ1) is 19.3. The molecule has 4 heteroatoms. The molecule has 3 aromatic heterocycles. The second-order valence-corrected chi connectivity index (χ2v) is 9.37. The summed E-state index contributed by atoms with van der Waals surface area (Å²) >= 11 is 0. The SMILES string of the molecule is Cc1ccc(-c2[c-]cccc2)nc1.[Ir].[c-]1cc(Cc2ccccc2)c2c(oc3ccccc32)c1-c1ccccn1. The van der Waals surface area contributed by atoms with Crippen LogP contribution in [0.5, 0.6) is 0 Å². The summed E-state index contributed by atoms with van der Waals surface area (Å²) in [7, 11) is 0. The molecule has 1 radical (unpaired) electrons. The van der Waals surface area contributed by atoms with Crippen molar-refractivity contribution in [1.29, 1.82) is 0 Å². The number of nitrogens with zero attached hydrogens (tertiary/aromatic N) is 2. The molecule has 4 aromatic carbocycles. The molecule has 0 saturated heterocycles. The molecule has 0 unspecified atom stereocenters. The number of fused-ring (bicyclic) bond motifs is 3. The molecule has 0 bridgehead atoms. The number of hydrogen-bond acceptors (Lipinski definition) is 3. The first-order valence-corrected chi connectivity index (χ1v) is 13.0. The third kappa shape index (κ3) is 5.94. The van der Waals surface area contributed by atoms with Gasteiger partial charge in [0.25, 0.3) is 0 Å². The molecule has 0 saturated carbocycles. The van der Waals surface area contributed by atoms with E-state index < -0.39 is 0 Å². The summed E-state index contributed by atoms with van der Waals surface area (Å²) in [6.07, 6.45) is 4.52. The molecule has 197 valence electrons. The van der Waals surface area contributed by atoms with Crippen molar-refractivity contribution >= 4 is 21.9 Å². The fourth-order valence-electron chi connectivity index (χ4n) is 4.67. The summed E-state index contributed by atoms with van der Waals surface area (Å²) in [5.74, 6) is 0. The van der Waals surface area contributed by atoms with Gasteiger partial charge in [-0.15, -0.1) is 53.6 Å². The minimum absolute atomic E-state index is 0. The number of hydrogen-bond donors (Lipinski definition) is 0. The maximum Gasteiger partial charge on any atom is 0.120 e. The first kappa shape index (κ1) is 27.2. The largest absolute Gasteiger partial charge is 0.501 e. The van der Waals surface area contributed by atoms with Crippen LogP contribution in [0.1, 0.15) is 16.7 Å². The van der Waals surface area contributed by atoms with Gasteiger partial charge in [0.05, 0.1) is 5.58 Å². The number of rotatable bonds is 4. The number of aryl methyl sites for hydroxylation is 1. The van der Waals surface area contributed by atoms with Gasteiger partial charge in [0.1, 0.15) is 5.58 Å². The third-order valence-electron chi connectivity index (χ3n) is 6.59. The molecule has 3 nitrogen and oxygen atoms in total. The van der Waals surface area contributed by atoms with Crippen LogP contribution >= 0.6 is 0 Å². The summed E-state index contributed by atoms with van der Waals surface area (Å²) in [4.78, 5) is 8.81. The quantitative estimate of drug-likeness (QED) is 0.173. The van der Waals surface area contributed by atoms with Crippen molar-refractivity contribution in [2.24, 2.45) is 0 Å². The molecule has 0 aliphatic rings. The molecule has 0 fully saturated rings. The van der Waals surface area contributed by atoms with E-state index in [1.165, 1.54) is 16.7 Å². The van der Waals surface area contributed by atoms with E-state index in [-0.39, 0.29) is 20.1 Å². The Morgan fingerprint density at radius 2 is 1.52 bits per heavy atom. The number of para-hydroxylation sites is 1. The van der Waals surface area contributed by atoms with Gasteiger partial charge in [-0.3, -0.25) is 0 Å². The first-order valence-electron chi connectivity index (χ1n) is 13.0. The van der Waals surface area contributed by atoms with Crippen LogP contribution in [-0.2, 0) is 26.5 Å². The van der Waals surface area contributed by atoms with Crippen LogP contribution in [0.4, 0.5) is 0 Å². The van der Waals surface area contributed by atoms with Gasteiger partial charge in [-0.05, 0) is 42.4 Å². The van der Waals surface area contributed by atoms with E-state index in [2.05, 4.69) is 70.6 Å². The van der Waals surface area contributed by atoms with Crippen LogP contribution in [0.25, 0.3) is 44.5 Å². The van der Waals surface area contributed by atoms with Gasteiger partial charge < -0.3 is 14.4 Å². The predicted molar refractivity (Wildman–Crippen MR) is 158 cm³/mol. The molecule has 0 spiro atoms. The smallest absolute Gasteiger partial charge is 0.120 e. The summed E-state index contributed by atoms with van der Waals surface area (Å²) in [6.45, 7) is 2.03. The monoisotopic (exact) mass is 695 g/mol. The van der Waals surface area contributed by atoms with E-state index in [0.717, 1.165) is 50.9 Å². The van der Waals surface area contributed by atoms with Gasteiger partial charge >= 0.3 is 0 Å². The zero-order chi connectivity index (χ0) is 26.4. The molecule has 40 heavy (non-hydrogen) atoms. The number of pyridine rings is 2. The van der Waals surface area contributed by atoms with Gasteiger partial charge in [-0.25, -0.2) is 0 Å². The van der Waals surface area contributed by atoms with Gasteiger partial charge in [0.2, 0.25) is 0 Å². The van der Waals surface area contributed by atoms with Crippen LogP contribution in [0.3, 0.4) is 0 Å². The molecule has 3 heterocycles. The van der Waals surface area contributed by atoms with Crippen molar-refractivity contribution in [1.82, 2.24) is 9.97 Å². The third-order valence-corrected chi connectivity index (χ3v) is 6.59. The molecule has 0 aliphatic heterocycles. The Morgan fingerprint density at radius 3 is 2.27 bits per heavy atom. The molecule has 0 amide bonds. The number of benzene rings is 4. The van der Waals surface area contributed by atoms with E-state index in [1.54, 1.807) is 6.20 Å². The molecule has 0 N–H and O–H groups in total. The zero-order valence-electron chi connectivity index (χ0n) is 22.0. The van der Waals surface area contributed by atoms with Crippen molar-refractivity contribution < 1.29 is 24.5 Å². The van der Waals surface area contributed by atoms with Crippen LogP contribution in [0, 0.1) is 19.1 Å². The van der Waals surface area contributed by atoms with Gasteiger partial charge in [-0.2, -0.15) is 0 Å². The number of aromatic nitrogens is 2. The van der Waals surface area contributed by atoms with Crippen LogP contribution in [0.15, 0.2) is 132 Å². The number of furan rings is 1. The summed E-state index contributed by atoms with van der Waals surface area (Å²) < 4.78 is 6.25. The average Bonchev–Trinajstić information content (AvgIpc) is 3.40. The maximum absolute atomic E-state index is 6.25. The van der Waals surface area contributed by atoms with E-state index in [9.17, 15) is 0 Å². The van der Waals surface area contributed by atoms with Crippen LogP contribution in [-0.4, -0.2) is 9.97 Å². The second kappa shape index (κ2) is 12.7. The Kier molecular flexibility index (Phi) is 8.61. The Balaban J connectivity index is 0.000000195. The fraction of sp³-hybridized carbons (Fsp3) is 0.0556. The van der Waals surface area contributed by atoms with Crippen molar-refractivity contribution in [3.63, 3.8) is 0 Å². The standard InChI is InChI=1S/C24H16NO.C12H10N.Ir/c1-2-8-17(9-3-1)16-18-13-14-19(21-11-6-7-15-25-21)24-23(18)20-10-4-5-12-22(20)26-24;1-10-7-8-12(13-9-10)11-5-3-2-4-6-11;/h1-13,15H,16H2;2-5,7-9H,1H3;/q2*-1;. The van der Waals surface area contributed by atoms with Crippen molar-refractivity contribution in [3.8, 4) is 22.5 Å². The van der Waals surface area contributed by atoms with Gasteiger partial charge in [-0.1, -0.05) is 89.3 Å². The van der Waals surface area contributed by atoms with Crippen molar-refractivity contribution in [2.45, 2.75) is 13.3 Å². The normalized spacial score (nSPS) is 10.5. The summed E-state index contributed by atoms with van der Waals surface area (Å²) in [5, 5.41) is 2.29. The molecule has 7 rings (SSSR count). The fourth-order valence-corrected chi connectivity index (χ4v) is 4.67. The van der Waals surface area contributed by atoms with E-state index in [0.29, 0.717) is 0 Å². The zero-order valence-corrected chi connectivity index (χ0v) is 24.4. The van der Waals surface area contributed by atoms with E-state index >= 15 is 0 Å². The maximum atomic E-state index is 6.25. The molecule has 7 aromatic rings. The Morgan fingerprint density at radius 1 is 0.725 bits per heavy atom. The minimum Gasteiger partial charge on any atom is -0.501 e. The Labute approximate surface area is 247 Å². The van der Waals surface area contributed by atoms with Gasteiger partial charge in [0, 0.05) is 37.9 Å². The molecular formula is C36H26IrN2O-2. The van der Waals surface area contributed by atoms with Gasteiger partial charge in [0.15, 0.2) is 0 Å². The second-order valence-electron chi connectivity index (χ2n) is 9.37. The average molecular weight is 695 g/mol. The molecule has 0 atom stereocenters. The molecule has 0 aliphatic carbocycles. The van der Waals surface area contributed by atoms with Crippen molar-refractivity contribution in [3.05, 3.63) is 156 Å². The van der Waals surface area contributed by atoms with E-state index in [4.69, 9.17) is 4.42 Å². The van der Waals surface area contributed by atoms with Crippen LogP contribution < -0.4 is 0 Å². The van der Waals surface area contributed by atoms with Crippen LogP contribution in [0.2, 0.25) is 0 Å². The minimum atomic E-state index is 0. The van der Waals surface area contributed by atoms with E-state index in [1.807, 2.05) is 79.9 Å². The molecular weight excluding hydrogens is 669 g/mol. The summed E-state index contributed by atoms with van der Waals surface area (Å²) in [5.41, 5.74) is 9.24. The summed E-state index contributed by atoms with van der Waals surface area (Å²) in [6, 6.07) is 45.2. The topological polar surface area (TPSA) is 38.9 Å².